The normalized spacial score (nSPS) is 23.8. The Balaban J connectivity index is 1.99. The SMILES string of the molecule is CCOc1ccc(C[C@H]2NC(=O)CCSSC[C@@H](C(=O)N3CCC[C@H]3C(=O)N[C@H](CCCN)C(=O)NCC(N)=O)NC(=O)[C@H](CC(N)=O)NC(=O)[C@H]([C@@H](C)O)NC(=O)[C@H]([C@@H](C)CC)NC2=O)cc1. The van der Waals surface area contributed by atoms with E-state index in [1.807, 2.05) is 6.92 Å². The number of aliphatic hydroxyl groups excluding tert-OH is 1. The van der Waals surface area contributed by atoms with E-state index >= 15 is 0 Å². The molecule has 2 fully saturated rings. The van der Waals surface area contributed by atoms with E-state index in [2.05, 4.69) is 37.2 Å². The van der Waals surface area contributed by atoms with E-state index in [0.29, 0.717) is 37.2 Å². The Bertz CT molecular complexity index is 1950. The van der Waals surface area contributed by atoms with Crippen LogP contribution in [0.1, 0.15) is 78.2 Å². The number of hydrogen-bond acceptors (Lipinski definition) is 15. The van der Waals surface area contributed by atoms with E-state index < -0.39 is 126 Å². The highest BCUT2D eigenvalue weighted by atomic mass is 33.1. The molecule has 0 aliphatic carbocycles. The van der Waals surface area contributed by atoms with E-state index in [-0.39, 0.29) is 50.3 Å². The predicted octanol–water partition coefficient (Wildman–Crippen LogP) is -3.04. The van der Waals surface area contributed by atoms with Crippen LogP contribution in [0.3, 0.4) is 0 Å². The van der Waals surface area contributed by atoms with Gasteiger partial charge in [0.05, 0.1) is 25.7 Å². The van der Waals surface area contributed by atoms with Crippen LogP contribution in [-0.2, 0) is 54.4 Å². The summed E-state index contributed by atoms with van der Waals surface area (Å²) in [6.07, 6.45) is -1.05. The zero-order valence-electron chi connectivity index (χ0n) is 38.8. The van der Waals surface area contributed by atoms with Gasteiger partial charge in [-0.3, -0.25) is 47.9 Å². The van der Waals surface area contributed by atoms with Gasteiger partial charge >= 0.3 is 0 Å². The number of amides is 10. The molecule has 0 unspecified atom stereocenters. The summed E-state index contributed by atoms with van der Waals surface area (Å²) < 4.78 is 5.53. The van der Waals surface area contributed by atoms with Crippen LogP contribution >= 0.6 is 21.6 Å². The monoisotopic (exact) mass is 993 g/mol. The Morgan fingerprint density at radius 1 is 0.868 bits per heavy atom. The molecule has 2 aliphatic rings. The van der Waals surface area contributed by atoms with Crippen molar-refractivity contribution in [3.63, 3.8) is 0 Å². The van der Waals surface area contributed by atoms with Gasteiger partial charge in [0.2, 0.25) is 59.1 Å². The minimum Gasteiger partial charge on any atom is -0.494 e. The second-order valence-corrected chi connectivity index (χ2v) is 19.1. The zero-order chi connectivity index (χ0) is 50.5. The van der Waals surface area contributed by atoms with Gasteiger partial charge < -0.3 is 69.2 Å². The van der Waals surface area contributed by atoms with Gasteiger partial charge in [0.15, 0.2) is 0 Å². The van der Waals surface area contributed by atoms with Gasteiger partial charge in [0, 0.05) is 30.9 Å². The number of aliphatic hydroxyl groups is 1. The average Bonchev–Trinajstić information content (AvgIpc) is 3.79. The second kappa shape index (κ2) is 28.6. The molecular weight excluding hydrogens is 927 g/mol. The molecule has 23 nitrogen and oxygen atoms in total. The third-order valence-corrected chi connectivity index (χ3v) is 13.6. The van der Waals surface area contributed by atoms with Crippen molar-refractivity contribution in [3.05, 3.63) is 29.8 Å². The van der Waals surface area contributed by atoms with Gasteiger partial charge in [-0.2, -0.15) is 0 Å². The van der Waals surface area contributed by atoms with Crippen LogP contribution < -0.4 is 59.2 Å². The smallest absolute Gasteiger partial charge is 0.246 e. The van der Waals surface area contributed by atoms with E-state index in [9.17, 15) is 53.1 Å². The molecule has 2 saturated heterocycles. The maximum atomic E-state index is 14.4. The van der Waals surface area contributed by atoms with Crippen molar-refractivity contribution in [2.45, 2.75) is 127 Å². The minimum absolute atomic E-state index is 0.0243. The molecule has 378 valence electrons. The van der Waals surface area contributed by atoms with E-state index in [4.69, 9.17) is 21.9 Å². The van der Waals surface area contributed by atoms with Gasteiger partial charge in [-0.15, -0.1) is 0 Å². The van der Waals surface area contributed by atoms with Crippen molar-refractivity contribution in [1.29, 1.82) is 0 Å². The number of nitrogens with zero attached hydrogens (tertiary/aromatic N) is 1. The maximum Gasteiger partial charge on any atom is 0.246 e. The molecule has 1 aromatic carbocycles. The van der Waals surface area contributed by atoms with Crippen molar-refractivity contribution in [3.8, 4) is 5.75 Å². The first-order valence-electron chi connectivity index (χ1n) is 22.6. The predicted molar refractivity (Wildman–Crippen MR) is 253 cm³/mol. The molecule has 10 amide bonds. The number of nitrogens with two attached hydrogens (primary N) is 3. The summed E-state index contributed by atoms with van der Waals surface area (Å²) in [6, 6.07) is -2.62. The van der Waals surface area contributed by atoms with Crippen LogP contribution in [0.2, 0.25) is 0 Å². The number of hydrogen-bond donors (Lipinski definition) is 11. The van der Waals surface area contributed by atoms with Gasteiger partial charge in [0.1, 0.15) is 48.0 Å². The lowest BCUT2D eigenvalue weighted by molar-refractivity contribution is -0.142. The molecule has 1 aromatic rings. The van der Waals surface area contributed by atoms with Crippen molar-refractivity contribution in [2.24, 2.45) is 23.1 Å². The molecule has 0 aromatic heterocycles. The number of benzene rings is 1. The maximum absolute atomic E-state index is 14.4. The molecule has 0 radical (unpaired) electrons. The summed E-state index contributed by atoms with van der Waals surface area (Å²) in [5.74, 6) is -8.07. The molecule has 2 heterocycles. The third kappa shape index (κ3) is 18.1. The Morgan fingerprint density at radius 2 is 1.53 bits per heavy atom. The fourth-order valence-corrected chi connectivity index (χ4v) is 9.44. The first kappa shape index (κ1) is 56.7. The number of rotatable bonds is 18. The number of likely N-dealkylation sites (tertiary alicyclic amines) is 1. The van der Waals surface area contributed by atoms with E-state index in [1.165, 1.54) is 22.6 Å². The van der Waals surface area contributed by atoms with Crippen LogP contribution in [-0.4, -0.2) is 155 Å². The van der Waals surface area contributed by atoms with Gasteiger partial charge in [-0.1, -0.05) is 54.0 Å². The fraction of sp³-hybridized carbons (Fsp3) is 0.628. The minimum atomic E-state index is -1.74. The fourth-order valence-electron chi connectivity index (χ4n) is 7.29. The number of ether oxygens (including phenoxy) is 1. The Labute approximate surface area is 403 Å². The third-order valence-electron chi connectivity index (χ3n) is 11.2. The molecule has 25 heteroatoms. The van der Waals surface area contributed by atoms with Crippen molar-refractivity contribution in [1.82, 2.24) is 42.1 Å². The topological polar surface area (TPSA) is 366 Å². The Kier molecular flexibility index (Phi) is 23.8. The number of carbonyl (C=O) groups is 10. The molecule has 3 rings (SSSR count). The van der Waals surface area contributed by atoms with Crippen LogP contribution in [0.25, 0.3) is 0 Å². The lowest BCUT2D eigenvalue weighted by Gasteiger charge is -2.31. The number of primary amides is 2. The molecule has 0 spiro atoms. The molecular formula is C43H67N11O12S2. The summed E-state index contributed by atoms with van der Waals surface area (Å²) in [5.41, 5.74) is 17.0. The van der Waals surface area contributed by atoms with Crippen molar-refractivity contribution >= 4 is 80.7 Å². The summed E-state index contributed by atoms with van der Waals surface area (Å²) in [5, 5.41) is 28.7. The Hall–Kier alpha value is -5.66. The number of nitrogens with one attached hydrogen (secondary N) is 7. The molecule has 68 heavy (non-hydrogen) atoms. The largest absolute Gasteiger partial charge is 0.494 e. The molecule has 14 N–H and O–H groups in total. The summed E-state index contributed by atoms with van der Waals surface area (Å²) in [7, 11) is 2.27. The highest BCUT2D eigenvalue weighted by molar-refractivity contribution is 8.76. The van der Waals surface area contributed by atoms with Gasteiger partial charge in [-0.05, 0) is 69.7 Å². The first-order valence-corrected chi connectivity index (χ1v) is 25.1. The highest BCUT2D eigenvalue weighted by Crippen LogP contribution is 2.26. The summed E-state index contributed by atoms with van der Waals surface area (Å²) in [4.78, 5) is 135. The lowest BCUT2D eigenvalue weighted by atomic mass is 9.96. The van der Waals surface area contributed by atoms with Crippen LogP contribution in [0.4, 0.5) is 0 Å². The van der Waals surface area contributed by atoms with E-state index in [0.717, 1.165) is 10.8 Å². The van der Waals surface area contributed by atoms with Crippen LogP contribution in [0.5, 0.6) is 5.75 Å². The second-order valence-electron chi connectivity index (χ2n) is 16.5. The quantitative estimate of drug-likeness (QED) is 0.0652. The summed E-state index contributed by atoms with van der Waals surface area (Å²) in [6.45, 7) is 6.72. The lowest BCUT2D eigenvalue weighted by Crippen LogP contribution is -2.63. The highest BCUT2D eigenvalue weighted by Gasteiger charge is 2.41. The zero-order valence-corrected chi connectivity index (χ0v) is 40.5. The van der Waals surface area contributed by atoms with Crippen LogP contribution in [0, 0.1) is 5.92 Å². The first-order chi connectivity index (χ1) is 32.3. The standard InChI is InChI=1S/C43H67N11O12S2/c1-5-23(3)35-41(63)53-36(24(4)55)42(64)50-29(20-32(45)56)38(60)51-30(43(65)54-17-8-10-31(54)40(62)49-27(9-7-16-44)37(59)47-21-33(46)57)22-68-67-18-15-34(58)48-28(39(61)52-35)19-25-11-13-26(14-12-25)66-6-2/h11-14,23-24,27-31,35-36,55H,5-10,15-22,44H2,1-4H3,(H2,45,56)(H2,46,57)(H,47,59)(H,48,58)(H,49,62)(H,50,64)(H,51,60)(H,52,61)(H,53,63)/t23-,24+,27+,28+,29-,30-,31-,35-,36-/m0/s1. The number of carbonyl (C=O) groups excluding carboxylic acids is 10. The van der Waals surface area contributed by atoms with Gasteiger partial charge in [-0.25, -0.2) is 0 Å². The molecule has 0 saturated carbocycles. The van der Waals surface area contributed by atoms with Crippen molar-refractivity contribution < 1.29 is 57.8 Å². The summed E-state index contributed by atoms with van der Waals surface area (Å²) >= 11 is 0. The van der Waals surface area contributed by atoms with E-state index in [1.54, 1.807) is 38.1 Å². The molecule has 9 atom stereocenters. The average molecular weight is 994 g/mol. The van der Waals surface area contributed by atoms with Gasteiger partial charge in [0.25, 0.3) is 0 Å². The van der Waals surface area contributed by atoms with Crippen molar-refractivity contribution in [2.75, 3.05) is 37.7 Å². The molecule has 0 bridgehead atoms. The Morgan fingerprint density at radius 3 is 2.15 bits per heavy atom. The molecule has 2 aliphatic heterocycles. The van der Waals surface area contributed by atoms with Crippen LogP contribution in [0.15, 0.2) is 24.3 Å².